The maximum Gasteiger partial charge on any atom is 0.237 e. The molecule has 1 aliphatic carbocycles. The number of sulfonamides is 1. The van der Waals surface area contributed by atoms with Crippen molar-refractivity contribution in [2.24, 2.45) is 0 Å². The molecule has 0 unspecified atom stereocenters. The van der Waals surface area contributed by atoms with Crippen LogP contribution in [0.2, 0.25) is 0 Å². The van der Waals surface area contributed by atoms with Gasteiger partial charge < -0.3 is 0 Å². The van der Waals surface area contributed by atoms with Gasteiger partial charge in [-0.2, -0.15) is 0 Å². The zero-order valence-corrected chi connectivity index (χ0v) is 8.35. The summed E-state index contributed by atoms with van der Waals surface area (Å²) in [5.74, 6) is -0.0975. The van der Waals surface area contributed by atoms with Gasteiger partial charge in [-0.1, -0.05) is 23.8 Å². The van der Waals surface area contributed by atoms with Gasteiger partial charge in [0.2, 0.25) is 10.0 Å². The largest absolute Gasteiger partial charge is 0.284 e. The van der Waals surface area contributed by atoms with Gasteiger partial charge >= 0.3 is 0 Å². The second kappa shape index (κ2) is 4.74. The summed E-state index contributed by atoms with van der Waals surface area (Å²) in [6, 6.07) is 0. The van der Waals surface area contributed by atoms with Crippen LogP contribution in [0, 0.1) is 0 Å². The van der Waals surface area contributed by atoms with Crippen LogP contribution in [0.5, 0.6) is 0 Å². The minimum Gasteiger partial charge on any atom is -0.284 e. The van der Waals surface area contributed by atoms with Crippen LogP contribution in [-0.2, 0) is 14.9 Å². The van der Waals surface area contributed by atoms with E-state index in [1.807, 2.05) is 0 Å². The van der Waals surface area contributed by atoms with Crippen LogP contribution in [0.3, 0.4) is 0 Å². The molecule has 5 heteroatoms. The van der Waals surface area contributed by atoms with Gasteiger partial charge in [-0.3, -0.25) is 4.84 Å². The van der Waals surface area contributed by atoms with E-state index in [1.54, 1.807) is 0 Å². The Labute approximate surface area is 79.0 Å². The van der Waals surface area contributed by atoms with Crippen molar-refractivity contribution in [1.29, 1.82) is 0 Å². The van der Waals surface area contributed by atoms with Crippen molar-refractivity contribution in [3.05, 3.63) is 12.7 Å². The Balaban J connectivity index is 2.28. The van der Waals surface area contributed by atoms with Crippen LogP contribution in [0.4, 0.5) is 0 Å². The van der Waals surface area contributed by atoms with E-state index in [4.69, 9.17) is 4.84 Å². The zero-order chi connectivity index (χ0) is 9.73. The van der Waals surface area contributed by atoms with Gasteiger partial charge in [0.15, 0.2) is 0 Å². The highest BCUT2D eigenvalue weighted by atomic mass is 32.2. The lowest BCUT2D eigenvalue weighted by Gasteiger charge is -2.10. The molecule has 0 bridgehead atoms. The Bertz CT molecular complexity index is 255. The molecule has 0 aromatic carbocycles. The molecule has 0 amide bonds. The summed E-state index contributed by atoms with van der Waals surface area (Å²) < 4.78 is 22.2. The first-order valence-electron chi connectivity index (χ1n) is 4.40. The lowest BCUT2D eigenvalue weighted by atomic mass is 10.3. The lowest BCUT2D eigenvalue weighted by molar-refractivity contribution is 0.0225. The number of nitrogens with one attached hydrogen (secondary N) is 1. The van der Waals surface area contributed by atoms with Gasteiger partial charge in [-0.15, -0.1) is 6.58 Å². The van der Waals surface area contributed by atoms with Crippen molar-refractivity contribution in [3.8, 4) is 0 Å². The third kappa shape index (κ3) is 3.89. The summed E-state index contributed by atoms with van der Waals surface area (Å²) in [5, 5.41) is 0. The summed E-state index contributed by atoms with van der Waals surface area (Å²) >= 11 is 0. The van der Waals surface area contributed by atoms with E-state index >= 15 is 0 Å². The lowest BCUT2D eigenvalue weighted by Crippen LogP contribution is -2.29. The molecule has 1 rings (SSSR count). The van der Waals surface area contributed by atoms with E-state index in [0.717, 1.165) is 25.7 Å². The van der Waals surface area contributed by atoms with E-state index in [0.29, 0.717) is 0 Å². The molecule has 0 aliphatic heterocycles. The van der Waals surface area contributed by atoms with Crippen molar-refractivity contribution in [1.82, 2.24) is 4.89 Å². The smallest absolute Gasteiger partial charge is 0.237 e. The fourth-order valence-electron chi connectivity index (χ4n) is 1.34. The fourth-order valence-corrected chi connectivity index (χ4v) is 2.00. The third-order valence-electron chi connectivity index (χ3n) is 1.98. The first kappa shape index (κ1) is 10.7. The monoisotopic (exact) mass is 205 g/mol. The first-order valence-corrected chi connectivity index (χ1v) is 6.05. The average molecular weight is 205 g/mol. The van der Waals surface area contributed by atoms with Crippen molar-refractivity contribution < 1.29 is 13.3 Å². The standard InChI is InChI=1S/C8H15NO3S/c1-2-7-13(10,11)9-12-8-5-3-4-6-8/h2,8-9H,1,3-7H2. The molecule has 1 N–H and O–H groups in total. The molecule has 0 aromatic rings. The predicted molar refractivity (Wildman–Crippen MR) is 50.5 cm³/mol. The Kier molecular flexibility index (Phi) is 3.90. The molecule has 1 saturated carbocycles. The molecule has 1 aliphatic rings. The summed E-state index contributed by atoms with van der Waals surface area (Å²) in [6.07, 6.45) is 5.51. The van der Waals surface area contributed by atoms with Crippen molar-refractivity contribution >= 4 is 10.0 Å². The molecule has 13 heavy (non-hydrogen) atoms. The topological polar surface area (TPSA) is 55.4 Å². The quantitative estimate of drug-likeness (QED) is 0.537. The summed E-state index contributed by atoms with van der Waals surface area (Å²) in [5.41, 5.74) is 0. The highest BCUT2D eigenvalue weighted by Crippen LogP contribution is 2.19. The van der Waals surface area contributed by atoms with E-state index < -0.39 is 10.0 Å². The second-order valence-corrected chi connectivity index (χ2v) is 4.91. The highest BCUT2D eigenvalue weighted by Gasteiger charge is 2.18. The minimum absolute atomic E-state index is 0.0552. The van der Waals surface area contributed by atoms with Crippen LogP contribution in [0.25, 0.3) is 0 Å². The Morgan fingerprint density at radius 3 is 2.62 bits per heavy atom. The third-order valence-corrected chi connectivity index (χ3v) is 3.01. The van der Waals surface area contributed by atoms with Crippen LogP contribution in [0.1, 0.15) is 25.7 Å². The van der Waals surface area contributed by atoms with Crippen LogP contribution in [0.15, 0.2) is 12.7 Å². The number of hydrogen-bond acceptors (Lipinski definition) is 3. The van der Waals surface area contributed by atoms with Gasteiger partial charge in [0.05, 0.1) is 11.9 Å². The maximum absolute atomic E-state index is 11.1. The summed E-state index contributed by atoms with van der Waals surface area (Å²) in [7, 11) is -3.31. The summed E-state index contributed by atoms with van der Waals surface area (Å²) in [4.78, 5) is 7.14. The zero-order valence-electron chi connectivity index (χ0n) is 7.53. The van der Waals surface area contributed by atoms with Crippen molar-refractivity contribution in [2.75, 3.05) is 5.75 Å². The number of rotatable bonds is 5. The maximum atomic E-state index is 11.1. The number of hydrogen-bond donors (Lipinski definition) is 1. The van der Waals surface area contributed by atoms with E-state index in [2.05, 4.69) is 11.5 Å². The van der Waals surface area contributed by atoms with Crippen LogP contribution < -0.4 is 4.89 Å². The van der Waals surface area contributed by atoms with Crippen LogP contribution >= 0.6 is 0 Å². The molecule has 0 aromatic heterocycles. The van der Waals surface area contributed by atoms with Crippen LogP contribution in [-0.4, -0.2) is 20.3 Å². The fraction of sp³-hybridized carbons (Fsp3) is 0.750. The van der Waals surface area contributed by atoms with Crippen molar-refractivity contribution in [3.63, 3.8) is 0 Å². The Morgan fingerprint density at radius 2 is 2.08 bits per heavy atom. The molecular weight excluding hydrogens is 190 g/mol. The van der Waals surface area contributed by atoms with E-state index in [9.17, 15) is 8.42 Å². The summed E-state index contributed by atoms with van der Waals surface area (Å²) in [6.45, 7) is 3.35. The molecule has 0 radical (unpaired) electrons. The molecule has 0 spiro atoms. The molecular formula is C8H15NO3S. The molecule has 1 fully saturated rings. The average Bonchev–Trinajstić information content (AvgIpc) is 2.52. The first-order chi connectivity index (χ1) is 6.14. The second-order valence-electron chi connectivity index (χ2n) is 3.18. The van der Waals surface area contributed by atoms with Gasteiger partial charge in [0.25, 0.3) is 0 Å². The predicted octanol–water partition coefficient (Wildman–Crippen LogP) is 0.966. The van der Waals surface area contributed by atoms with Gasteiger partial charge in [-0.05, 0) is 12.8 Å². The molecule has 0 saturated heterocycles. The molecule has 4 nitrogen and oxygen atoms in total. The molecule has 76 valence electrons. The van der Waals surface area contributed by atoms with Gasteiger partial charge in [-0.25, -0.2) is 8.42 Å². The van der Waals surface area contributed by atoms with Crippen molar-refractivity contribution in [2.45, 2.75) is 31.8 Å². The van der Waals surface area contributed by atoms with E-state index in [1.165, 1.54) is 6.08 Å². The van der Waals surface area contributed by atoms with Gasteiger partial charge in [0.1, 0.15) is 0 Å². The van der Waals surface area contributed by atoms with E-state index in [-0.39, 0.29) is 11.9 Å². The molecule has 0 atom stereocenters. The van der Waals surface area contributed by atoms with Gasteiger partial charge in [0, 0.05) is 0 Å². The Morgan fingerprint density at radius 1 is 1.46 bits per heavy atom. The normalized spacial score (nSPS) is 19.1. The molecule has 0 heterocycles. The highest BCUT2D eigenvalue weighted by molar-refractivity contribution is 7.89. The SMILES string of the molecule is C=CCS(=O)(=O)NOC1CCCC1. The Hall–Kier alpha value is -0.390. The minimum atomic E-state index is -3.31.